The van der Waals surface area contributed by atoms with Crippen LogP contribution in [0.25, 0.3) is 45.3 Å². The van der Waals surface area contributed by atoms with E-state index in [0.717, 1.165) is 22.3 Å². The van der Waals surface area contributed by atoms with Gasteiger partial charge in [0.25, 0.3) is 0 Å². The summed E-state index contributed by atoms with van der Waals surface area (Å²) >= 11 is 0. The summed E-state index contributed by atoms with van der Waals surface area (Å²) in [5.41, 5.74) is 11.7. The largest absolute Gasteiger partial charge is 0.399 e. The summed E-state index contributed by atoms with van der Waals surface area (Å²) in [6.07, 6.45) is 0. The molecule has 0 spiro atoms. The Morgan fingerprint density at radius 2 is 0.806 bits per heavy atom. The maximum absolute atomic E-state index is 6.00. The van der Waals surface area contributed by atoms with Crippen LogP contribution in [0.15, 0.2) is 109 Å². The molecular weight excluding hydrogens is 380 g/mol. The molecule has 5 rings (SSSR count). The SMILES string of the molecule is Nc1cccc(-c2nc(-c3ccccc3)nc(-c3ccc(-c4ccccc4)cc3)n2)c1. The van der Waals surface area contributed by atoms with Crippen LogP contribution in [0.4, 0.5) is 5.69 Å². The maximum Gasteiger partial charge on any atom is 0.164 e. The van der Waals surface area contributed by atoms with Gasteiger partial charge in [-0.15, -0.1) is 0 Å². The molecule has 31 heavy (non-hydrogen) atoms. The molecule has 0 aliphatic rings. The summed E-state index contributed by atoms with van der Waals surface area (Å²) in [6, 6.07) is 36.1. The quantitative estimate of drug-likeness (QED) is 0.369. The Morgan fingerprint density at radius 1 is 0.387 bits per heavy atom. The van der Waals surface area contributed by atoms with Crippen molar-refractivity contribution in [3.8, 4) is 45.3 Å². The van der Waals surface area contributed by atoms with Gasteiger partial charge in [0.15, 0.2) is 17.5 Å². The second-order valence-electron chi connectivity index (χ2n) is 7.24. The Bertz CT molecular complexity index is 1310. The van der Waals surface area contributed by atoms with Crippen LogP contribution in [0.5, 0.6) is 0 Å². The highest BCUT2D eigenvalue weighted by atomic mass is 15.0. The van der Waals surface area contributed by atoms with E-state index in [4.69, 9.17) is 20.7 Å². The molecule has 2 N–H and O–H groups in total. The number of nitrogen functional groups attached to an aromatic ring is 1. The van der Waals surface area contributed by atoms with E-state index in [1.54, 1.807) is 0 Å². The Kier molecular flexibility index (Phi) is 4.95. The number of rotatable bonds is 4. The molecule has 0 aliphatic heterocycles. The number of nitrogens with two attached hydrogens (primary N) is 1. The van der Waals surface area contributed by atoms with Gasteiger partial charge < -0.3 is 5.73 Å². The predicted molar refractivity (Wildman–Crippen MR) is 126 cm³/mol. The first-order valence-corrected chi connectivity index (χ1v) is 10.1. The van der Waals surface area contributed by atoms with E-state index in [0.29, 0.717) is 23.2 Å². The highest BCUT2D eigenvalue weighted by molar-refractivity contribution is 5.71. The van der Waals surface area contributed by atoms with Crippen LogP contribution in [0.2, 0.25) is 0 Å². The summed E-state index contributed by atoms with van der Waals surface area (Å²) in [4.78, 5) is 14.3. The second kappa shape index (κ2) is 8.20. The minimum absolute atomic E-state index is 0.600. The molecule has 5 aromatic rings. The lowest BCUT2D eigenvalue weighted by atomic mass is 10.0. The Morgan fingerprint density at radius 3 is 1.39 bits per heavy atom. The molecule has 0 amide bonds. The van der Waals surface area contributed by atoms with E-state index in [-0.39, 0.29) is 0 Å². The molecule has 0 saturated heterocycles. The molecule has 1 heterocycles. The van der Waals surface area contributed by atoms with E-state index in [1.165, 1.54) is 5.56 Å². The molecular formula is C27H20N4. The molecule has 0 fully saturated rings. The fourth-order valence-electron chi connectivity index (χ4n) is 3.47. The number of hydrogen-bond donors (Lipinski definition) is 1. The first-order valence-electron chi connectivity index (χ1n) is 10.1. The minimum atomic E-state index is 0.600. The summed E-state index contributed by atoms with van der Waals surface area (Å²) < 4.78 is 0. The molecule has 1 aromatic heterocycles. The van der Waals surface area contributed by atoms with E-state index in [9.17, 15) is 0 Å². The van der Waals surface area contributed by atoms with Crippen LogP contribution >= 0.6 is 0 Å². The zero-order valence-corrected chi connectivity index (χ0v) is 16.8. The number of benzene rings is 4. The van der Waals surface area contributed by atoms with Gasteiger partial charge in [0.2, 0.25) is 0 Å². The zero-order valence-electron chi connectivity index (χ0n) is 16.8. The lowest BCUT2D eigenvalue weighted by Crippen LogP contribution is -2.00. The molecule has 0 saturated carbocycles. The van der Waals surface area contributed by atoms with Crippen LogP contribution in [-0.4, -0.2) is 15.0 Å². The van der Waals surface area contributed by atoms with Crippen molar-refractivity contribution in [1.29, 1.82) is 0 Å². The normalized spacial score (nSPS) is 10.7. The molecule has 4 heteroatoms. The topological polar surface area (TPSA) is 64.7 Å². The van der Waals surface area contributed by atoms with Crippen LogP contribution < -0.4 is 5.73 Å². The lowest BCUT2D eigenvalue weighted by Gasteiger charge is -2.09. The Labute approximate surface area is 181 Å². The molecule has 4 aromatic carbocycles. The summed E-state index contributed by atoms with van der Waals surface area (Å²) in [5, 5.41) is 0. The van der Waals surface area contributed by atoms with Crippen molar-refractivity contribution >= 4 is 5.69 Å². The van der Waals surface area contributed by atoms with Crippen molar-refractivity contribution < 1.29 is 0 Å². The highest BCUT2D eigenvalue weighted by Gasteiger charge is 2.12. The van der Waals surface area contributed by atoms with Gasteiger partial charge >= 0.3 is 0 Å². The van der Waals surface area contributed by atoms with Gasteiger partial charge in [-0.2, -0.15) is 0 Å². The van der Waals surface area contributed by atoms with Crippen LogP contribution in [0.3, 0.4) is 0 Å². The predicted octanol–water partition coefficient (Wildman–Crippen LogP) is 6.12. The monoisotopic (exact) mass is 400 g/mol. The molecule has 148 valence electrons. The van der Waals surface area contributed by atoms with Crippen LogP contribution in [-0.2, 0) is 0 Å². The molecule has 0 radical (unpaired) electrons. The Hall–Kier alpha value is -4.31. The number of anilines is 1. The van der Waals surface area contributed by atoms with Crippen LogP contribution in [0, 0.1) is 0 Å². The smallest absolute Gasteiger partial charge is 0.164 e. The average molecular weight is 400 g/mol. The van der Waals surface area contributed by atoms with Crippen molar-refractivity contribution in [3.63, 3.8) is 0 Å². The molecule has 4 nitrogen and oxygen atoms in total. The van der Waals surface area contributed by atoms with E-state index < -0.39 is 0 Å². The molecule has 0 unspecified atom stereocenters. The average Bonchev–Trinajstić information content (AvgIpc) is 2.85. The number of hydrogen-bond acceptors (Lipinski definition) is 4. The van der Waals surface area contributed by atoms with E-state index in [1.807, 2.05) is 72.8 Å². The third kappa shape index (κ3) is 4.05. The number of aromatic nitrogens is 3. The van der Waals surface area contributed by atoms with Crippen LogP contribution in [0.1, 0.15) is 0 Å². The van der Waals surface area contributed by atoms with Gasteiger partial charge in [-0.05, 0) is 23.3 Å². The highest BCUT2D eigenvalue weighted by Crippen LogP contribution is 2.27. The van der Waals surface area contributed by atoms with Crippen molar-refractivity contribution in [3.05, 3.63) is 109 Å². The summed E-state index contributed by atoms with van der Waals surface area (Å²) in [5.74, 6) is 1.87. The van der Waals surface area contributed by atoms with Crippen molar-refractivity contribution in [1.82, 2.24) is 15.0 Å². The summed E-state index contributed by atoms with van der Waals surface area (Å²) in [6.45, 7) is 0. The first-order chi connectivity index (χ1) is 15.3. The fraction of sp³-hybridized carbons (Fsp3) is 0. The van der Waals surface area contributed by atoms with Gasteiger partial charge in [-0.25, -0.2) is 15.0 Å². The first kappa shape index (κ1) is 18.7. The van der Waals surface area contributed by atoms with Gasteiger partial charge in [-0.3, -0.25) is 0 Å². The van der Waals surface area contributed by atoms with Crippen molar-refractivity contribution in [2.45, 2.75) is 0 Å². The summed E-state index contributed by atoms with van der Waals surface area (Å²) in [7, 11) is 0. The molecule has 0 bridgehead atoms. The number of nitrogens with zero attached hydrogens (tertiary/aromatic N) is 3. The third-order valence-corrected chi connectivity index (χ3v) is 5.06. The lowest BCUT2D eigenvalue weighted by molar-refractivity contribution is 1.07. The van der Waals surface area contributed by atoms with Crippen molar-refractivity contribution in [2.24, 2.45) is 0 Å². The van der Waals surface area contributed by atoms with E-state index >= 15 is 0 Å². The van der Waals surface area contributed by atoms with E-state index in [2.05, 4.69) is 36.4 Å². The fourth-order valence-corrected chi connectivity index (χ4v) is 3.47. The van der Waals surface area contributed by atoms with Gasteiger partial charge in [0.05, 0.1) is 0 Å². The maximum atomic E-state index is 6.00. The second-order valence-corrected chi connectivity index (χ2v) is 7.24. The molecule has 0 atom stereocenters. The van der Waals surface area contributed by atoms with Gasteiger partial charge in [0, 0.05) is 22.4 Å². The zero-order chi connectivity index (χ0) is 21.0. The minimum Gasteiger partial charge on any atom is -0.399 e. The molecule has 0 aliphatic carbocycles. The van der Waals surface area contributed by atoms with Gasteiger partial charge in [0.1, 0.15) is 0 Å². The van der Waals surface area contributed by atoms with Gasteiger partial charge in [-0.1, -0.05) is 97.1 Å². The third-order valence-electron chi connectivity index (χ3n) is 5.06. The van der Waals surface area contributed by atoms with Crippen molar-refractivity contribution in [2.75, 3.05) is 5.73 Å². The Balaban J connectivity index is 1.61. The standard InChI is InChI=1S/C27H20N4/c28-24-13-7-12-23(18-24)27-30-25(21-10-5-2-6-11-21)29-26(31-27)22-16-14-20(15-17-22)19-8-3-1-4-9-19/h1-18H,28H2.